The van der Waals surface area contributed by atoms with E-state index in [1.165, 1.54) is 18.7 Å². The lowest BCUT2D eigenvalue weighted by atomic mass is 10.1. The van der Waals surface area contributed by atoms with E-state index in [0.717, 1.165) is 0 Å². The molecule has 0 bridgehead atoms. The Labute approximate surface area is 97.1 Å². The second-order valence-electron chi connectivity index (χ2n) is 4.16. The Hall–Kier alpha value is -1.27. The Morgan fingerprint density at radius 2 is 1.88 bits per heavy atom. The summed E-state index contributed by atoms with van der Waals surface area (Å²) >= 11 is 0. The van der Waals surface area contributed by atoms with Crippen molar-refractivity contribution < 1.29 is 22.8 Å². The number of hydrogen-bond acceptors (Lipinski definition) is 2. The number of piperazine rings is 1. The lowest BCUT2D eigenvalue weighted by Gasteiger charge is -2.36. The molecule has 0 aliphatic carbocycles. The Kier molecular flexibility index (Phi) is 4.00. The molecule has 1 aliphatic heterocycles. The number of rotatable bonds is 3. The normalized spacial score (nSPS) is 26.1. The van der Waals surface area contributed by atoms with E-state index in [1.807, 2.05) is 0 Å². The summed E-state index contributed by atoms with van der Waals surface area (Å²) in [5, 5.41) is 2.46. The van der Waals surface area contributed by atoms with Crippen LogP contribution in [0.2, 0.25) is 0 Å². The van der Waals surface area contributed by atoms with Crippen molar-refractivity contribution in [1.29, 1.82) is 0 Å². The molecule has 1 heterocycles. The van der Waals surface area contributed by atoms with Crippen molar-refractivity contribution in [1.82, 2.24) is 10.2 Å². The van der Waals surface area contributed by atoms with Gasteiger partial charge in [-0.15, -0.1) is 0 Å². The summed E-state index contributed by atoms with van der Waals surface area (Å²) in [5.74, 6) is -0.664. The minimum Gasteiger partial charge on any atom is -0.343 e. The Balaban J connectivity index is 2.55. The maximum Gasteiger partial charge on any atom is 0.389 e. The first-order valence-electron chi connectivity index (χ1n) is 5.40. The lowest BCUT2D eigenvalue weighted by molar-refractivity contribution is -0.150. The maximum atomic E-state index is 12.0. The zero-order valence-corrected chi connectivity index (χ0v) is 9.67. The SMILES string of the molecule is CC1NC(=O)C(C)N(CCCC(F)(F)F)C1=O. The molecule has 0 radical (unpaired) electrons. The molecule has 7 heteroatoms. The first-order valence-corrected chi connectivity index (χ1v) is 5.40. The van der Waals surface area contributed by atoms with Crippen molar-refractivity contribution in [2.75, 3.05) is 6.54 Å². The van der Waals surface area contributed by atoms with Gasteiger partial charge in [0.05, 0.1) is 0 Å². The van der Waals surface area contributed by atoms with Gasteiger partial charge >= 0.3 is 6.18 Å². The van der Waals surface area contributed by atoms with Crippen LogP contribution in [-0.2, 0) is 9.59 Å². The fourth-order valence-corrected chi connectivity index (χ4v) is 1.73. The highest BCUT2D eigenvalue weighted by Gasteiger charge is 2.36. The molecule has 2 unspecified atom stereocenters. The fraction of sp³-hybridized carbons (Fsp3) is 0.800. The number of alkyl halides is 3. The molecule has 0 aromatic carbocycles. The van der Waals surface area contributed by atoms with Gasteiger partial charge in [0.15, 0.2) is 0 Å². The summed E-state index contributed by atoms with van der Waals surface area (Å²) in [5.41, 5.74) is 0. The van der Waals surface area contributed by atoms with Crippen molar-refractivity contribution in [3.8, 4) is 0 Å². The molecule has 2 atom stereocenters. The summed E-state index contributed by atoms with van der Waals surface area (Å²) in [6.45, 7) is 2.98. The van der Waals surface area contributed by atoms with Crippen LogP contribution < -0.4 is 5.32 Å². The number of nitrogens with zero attached hydrogens (tertiary/aromatic N) is 1. The Bertz CT molecular complexity index is 317. The van der Waals surface area contributed by atoms with Gasteiger partial charge in [-0.2, -0.15) is 13.2 Å². The molecule has 0 aromatic heterocycles. The molecule has 1 rings (SSSR count). The highest BCUT2D eigenvalue weighted by Crippen LogP contribution is 2.22. The highest BCUT2D eigenvalue weighted by molar-refractivity contribution is 5.96. The molecule has 0 aromatic rings. The molecule has 1 fully saturated rings. The Morgan fingerprint density at radius 1 is 1.29 bits per heavy atom. The van der Waals surface area contributed by atoms with E-state index in [9.17, 15) is 22.8 Å². The number of carbonyl (C=O) groups excluding carboxylic acids is 2. The third kappa shape index (κ3) is 3.61. The van der Waals surface area contributed by atoms with E-state index in [-0.39, 0.29) is 24.8 Å². The minimum atomic E-state index is -4.23. The van der Waals surface area contributed by atoms with E-state index < -0.39 is 24.7 Å². The van der Waals surface area contributed by atoms with Gasteiger partial charge in [-0.25, -0.2) is 0 Å². The topological polar surface area (TPSA) is 49.4 Å². The second kappa shape index (κ2) is 4.93. The van der Waals surface area contributed by atoms with E-state index in [4.69, 9.17) is 0 Å². The van der Waals surface area contributed by atoms with Crippen LogP contribution in [0.3, 0.4) is 0 Å². The van der Waals surface area contributed by atoms with Crippen LogP contribution in [0.15, 0.2) is 0 Å². The van der Waals surface area contributed by atoms with Crippen LogP contribution in [-0.4, -0.2) is 41.5 Å². The number of hydrogen-bond donors (Lipinski definition) is 1. The van der Waals surface area contributed by atoms with Gasteiger partial charge in [0.1, 0.15) is 12.1 Å². The largest absolute Gasteiger partial charge is 0.389 e. The van der Waals surface area contributed by atoms with Crippen LogP contribution >= 0.6 is 0 Å². The summed E-state index contributed by atoms with van der Waals surface area (Å²) in [4.78, 5) is 24.3. The zero-order chi connectivity index (χ0) is 13.2. The molecule has 0 saturated carbocycles. The van der Waals surface area contributed by atoms with Crippen molar-refractivity contribution in [3.05, 3.63) is 0 Å². The number of amides is 2. The third-order valence-electron chi connectivity index (χ3n) is 2.72. The molecule has 98 valence electrons. The third-order valence-corrected chi connectivity index (χ3v) is 2.72. The number of nitrogens with one attached hydrogen (secondary N) is 1. The van der Waals surface area contributed by atoms with Gasteiger partial charge in [0, 0.05) is 13.0 Å². The molecule has 1 saturated heterocycles. The molecule has 1 N–H and O–H groups in total. The molecule has 4 nitrogen and oxygen atoms in total. The summed E-state index contributed by atoms with van der Waals surface area (Å²) < 4.78 is 35.9. The fourth-order valence-electron chi connectivity index (χ4n) is 1.73. The van der Waals surface area contributed by atoms with Gasteiger partial charge < -0.3 is 10.2 Å². The van der Waals surface area contributed by atoms with E-state index in [1.54, 1.807) is 0 Å². The quantitative estimate of drug-likeness (QED) is 0.816. The maximum absolute atomic E-state index is 12.0. The Morgan fingerprint density at radius 3 is 2.41 bits per heavy atom. The van der Waals surface area contributed by atoms with Gasteiger partial charge in [-0.05, 0) is 20.3 Å². The standard InChI is InChI=1S/C10H15F3N2O2/c1-6-9(17)15(7(2)8(16)14-6)5-3-4-10(11,12)13/h6-7H,3-5H2,1-2H3,(H,14,16). The summed E-state index contributed by atoms with van der Waals surface area (Å²) in [7, 11) is 0. The lowest BCUT2D eigenvalue weighted by Crippen LogP contribution is -2.61. The predicted molar refractivity (Wildman–Crippen MR) is 54.1 cm³/mol. The molecule has 1 aliphatic rings. The number of carbonyl (C=O) groups is 2. The van der Waals surface area contributed by atoms with E-state index >= 15 is 0 Å². The first kappa shape index (κ1) is 13.8. The van der Waals surface area contributed by atoms with Gasteiger partial charge in [0.25, 0.3) is 0 Å². The summed E-state index contributed by atoms with van der Waals surface area (Å²) in [6, 6.07) is -1.36. The van der Waals surface area contributed by atoms with Crippen molar-refractivity contribution in [3.63, 3.8) is 0 Å². The molecule has 0 spiro atoms. The summed E-state index contributed by atoms with van der Waals surface area (Å²) in [6.07, 6.45) is -5.35. The van der Waals surface area contributed by atoms with Crippen LogP contribution in [0.5, 0.6) is 0 Å². The van der Waals surface area contributed by atoms with Crippen LogP contribution in [0.1, 0.15) is 26.7 Å². The van der Waals surface area contributed by atoms with Crippen molar-refractivity contribution in [2.45, 2.75) is 44.9 Å². The highest BCUT2D eigenvalue weighted by atomic mass is 19.4. The predicted octanol–water partition coefficient (Wildman–Crippen LogP) is 1.06. The second-order valence-corrected chi connectivity index (χ2v) is 4.16. The van der Waals surface area contributed by atoms with Crippen LogP contribution in [0.4, 0.5) is 13.2 Å². The van der Waals surface area contributed by atoms with E-state index in [0.29, 0.717) is 0 Å². The van der Waals surface area contributed by atoms with Crippen molar-refractivity contribution in [2.24, 2.45) is 0 Å². The molecular weight excluding hydrogens is 237 g/mol. The van der Waals surface area contributed by atoms with Gasteiger partial charge in [-0.3, -0.25) is 9.59 Å². The molecule has 17 heavy (non-hydrogen) atoms. The first-order chi connectivity index (χ1) is 7.72. The number of halogens is 3. The smallest absolute Gasteiger partial charge is 0.343 e. The average Bonchev–Trinajstić information content (AvgIpc) is 2.19. The molecule has 2 amide bonds. The minimum absolute atomic E-state index is 0.0444. The monoisotopic (exact) mass is 252 g/mol. The van der Waals surface area contributed by atoms with Gasteiger partial charge in [0.2, 0.25) is 11.8 Å². The molecular formula is C10H15F3N2O2. The van der Waals surface area contributed by atoms with E-state index in [2.05, 4.69) is 5.32 Å². The zero-order valence-electron chi connectivity index (χ0n) is 9.67. The van der Waals surface area contributed by atoms with Crippen molar-refractivity contribution >= 4 is 11.8 Å². The van der Waals surface area contributed by atoms with Gasteiger partial charge in [-0.1, -0.05) is 0 Å². The van der Waals surface area contributed by atoms with Crippen LogP contribution in [0.25, 0.3) is 0 Å². The van der Waals surface area contributed by atoms with Crippen LogP contribution in [0, 0.1) is 0 Å². The average molecular weight is 252 g/mol.